The molecule has 5 saturated heterocycles. The highest BCUT2D eigenvalue weighted by molar-refractivity contribution is 5.62. The van der Waals surface area contributed by atoms with Crippen LogP contribution in [0.3, 0.4) is 0 Å². The van der Waals surface area contributed by atoms with Gasteiger partial charge in [0.25, 0.3) is 6.41 Å². The van der Waals surface area contributed by atoms with Gasteiger partial charge in [0.15, 0.2) is 0 Å². The Morgan fingerprint density at radius 2 is 1.64 bits per heavy atom. The highest BCUT2D eigenvalue weighted by Gasteiger charge is 2.58. The van der Waals surface area contributed by atoms with Gasteiger partial charge in [0.05, 0.1) is 24.4 Å². The second-order valence-corrected chi connectivity index (χ2v) is 23.3. The molecule has 8 rings (SSSR count). The highest BCUT2D eigenvalue weighted by Crippen LogP contribution is 2.55. The van der Waals surface area contributed by atoms with Gasteiger partial charge in [-0.05, 0) is 131 Å². The molecule has 3 saturated carbocycles. The average molecular weight is 973 g/mol. The molecule has 5 heterocycles. The minimum Gasteiger partial charge on any atom is -0.378 e. The topological polar surface area (TPSA) is 179 Å². The third kappa shape index (κ3) is 11.9. The largest absolute Gasteiger partial charge is 0.378 e. The van der Waals surface area contributed by atoms with Crippen molar-refractivity contribution in [1.82, 2.24) is 36.0 Å². The molecule has 0 aromatic heterocycles. The Morgan fingerprint density at radius 3 is 2.33 bits per heavy atom. The fraction of sp³-hybridized carbons (Fsp3) is 0.925. The van der Waals surface area contributed by atoms with Gasteiger partial charge in [0.1, 0.15) is 24.9 Å². The summed E-state index contributed by atoms with van der Waals surface area (Å²) in [4.78, 5) is 11.4. The van der Waals surface area contributed by atoms with E-state index in [0.717, 1.165) is 84.0 Å². The number of fused-ring (bicyclic) bond motifs is 5. The molecule has 15 nitrogen and oxygen atoms in total. The average Bonchev–Trinajstić information content (AvgIpc) is 4.18. The van der Waals surface area contributed by atoms with Gasteiger partial charge in [-0.2, -0.15) is 0 Å². The van der Waals surface area contributed by atoms with Crippen LogP contribution < -0.4 is 21.3 Å². The van der Waals surface area contributed by atoms with Crippen LogP contribution in [0.5, 0.6) is 0 Å². The predicted molar refractivity (Wildman–Crippen MR) is 266 cm³/mol. The quantitative estimate of drug-likeness (QED) is 0.0492. The number of nitrogens with zero attached hydrogens (tertiary/aromatic N) is 4. The van der Waals surface area contributed by atoms with Crippen LogP contribution in [0.4, 0.5) is 4.39 Å². The van der Waals surface area contributed by atoms with Crippen molar-refractivity contribution < 1.29 is 39.0 Å². The van der Waals surface area contributed by atoms with Crippen LogP contribution in [-0.4, -0.2) is 174 Å². The Morgan fingerprint density at radius 1 is 0.884 bits per heavy atom. The first kappa shape index (κ1) is 53.8. The molecule has 19 unspecified atom stereocenters. The molecular formula is C53H93FN8O7. The van der Waals surface area contributed by atoms with E-state index >= 15 is 0 Å². The van der Waals surface area contributed by atoms with Gasteiger partial charge in [0, 0.05) is 95.1 Å². The summed E-state index contributed by atoms with van der Waals surface area (Å²) in [5.74, 6) is 2.80. The van der Waals surface area contributed by atoms with Gasteiger partial charge in [-0.3, -0.25) is 30.7 Å². The molecule has 8 fully saturated rings. The molecule has 0 aromatic carbocycles. The number of likely N-dealkylation sites (tertiary alicyclic amines) is 1. The third-order valence-corrected chi connectivity index (χ3v) is 18.7. The van der Waals surface area contributed by atoms with Crippen LogP contribution in [0.15, 0.2) is 22.9 Å². The Bertz CT molecular complexity index is 1700. The van der Waals surface area contributed by atoms with Crippen molar-refractivity contribution in [2.75, 3.05) is 46.9 Å². The number of hydrogen-bond donors (Lipinski definition) is 8. The lowest BCUT2D eigenvalue weighted by Gasteiger charge is -2.55. The van der Waals surface area contributed by atoms with Gasteiger partial charge in [-0.1, -0.05) is 41.2 Å². The van der Waals surface area contributed by atoms with Crippen LogP contribution in [0.1, 0.15) is 125 Å². The molecule has 8 N–H and O–H groups in total. The minimum absolute atomic E-state index is 0.0381. The summed E-state index contributed by atoms with van der Waals surface area (Å²) in [6.45, 7) is 18.7. The summed E-state index contributed by atoms with van der Waals surface area (Å²) < 4.78 is 32.2. The highest BCUT2D eigenvalue weighted by atomic mass is 19.1. The molecule has 69 heavy (non-hydrogen) atoms. The Hall–Kier alpha value is -1.44. The summed E-state index contributed by atoms with van der Waals surface area (Å²) in [5, 5.41) is 58.4. The maximum atomic E-state index is 14.7. The van der Waals surface area contributed by atoms with Gasteiger partial charge < -0.3 is 40.0 Å². The first-order valence-corrected chi connectivity index (χ1v) is 27.5. The fourth-order valence-electron chi connectivity index (χ4n) is 15.1. The molecule has 16 heteroatoms. The van der Waals surface area contributed by atoms with E-state index in [1.54, 1.807) is 6.21 Å². The maximum absolute atomic E-state index is 14.7. The van der Waals surface area contributed by atoms with Gasteiger partial charge in [-0.25, -0.2) is 9.38 Å². The van der Waals surface area contributed by atoms with E-state index in [0.29, 0.717) is 73.0 Å². The third-order valence-electron chi connectivity index (χ3n) is 18.7. The number of halogens is 1. The van der Waals surface area contributed by atoms with Gasteiger partial charge in [-0.15, -0.1) is 5.73 Å². The van der Waals surface area contributed by atoms with E-state index in [2.05, 4.69) is 74.0 Å². The standard InChI is InChI=1S/C53H93FN8O7/c1-9-21-60(50(64)47(31(5)6)59-53(66)68-8)29-46-55-28-41(58-46)34-15-19-38-44-24-35-23-33(16-20-42(35)62(44)51(69-45(38)25-34)32-13-17-36(54)18-14-32)40-27-56-48(37(40)10-2)43-12-11-22-61(43)49(63)39(30(3)4)26-57-52(65)67-7/h26,30-36,38-53,55-56,58-59,63-66H,2,9,11-25,27-29H2,1,3-8H3. The maximum Gasteiger partial charge on any atom is 0.255 e. The number of rotatable bonds is 20. The zero-order valence-corrected chi connectivity index (χ0v) is 43.2. The lowest BCUT2D eigenvalue weighted by molar-refractivity contribution is -0.232. The van der Waals surface area contributed by atoms with Crippen molar-refractivity contribution in [3.8, 4) is 0 Å². The number of nitrogens with one attached hydrogen (secondary N) is 4. The first-order chi connectivity index (χ1) is 33.2. The number of aliphatic hydroxyl groups excluding tert-OH is 4. The Balaban J connectivity index is 0.919. The number of aliphatic imine (C=N–C) groups is 1. The Kier molecular flexibility index (Phi) is 18.9. The number of methoxy groups -OCH3 is 2. The molecule has 19 atom stereocenters. The second kappa shape index (κ2) is 24.3. The molecule has 0 radical (unpaired) electrons. The van der Waals surface area contributed by atoms with Crippen molar-refractivity contribution >= 4 is 6.21 Å². The summed E-state index contributed by atoms with van der Waals surface area (Å²) in [6, 6.07) is 1.16. The van der Waals surface area contributed by atoms with Crippen molar-refractivity contribution in [2.24, 2.45) is 58.3 Å². The zero-order valence-electron chi connectivity index (χ0n) is 43.2. The molecule has 394 valence electrons. The van der Waals surface area contributed by atoms with Gasteiger partial charge >= 0.3 is 0 Å². The number of hydrogen-bond acceptors (Lipinski definition) is 15. The number of aliphatic hydroxyl groups is 4. The minimum atomic E-state index is -1.24. The lowest BCUT2D eigenvalue weighted by Crippen LogP contribution is -2.62. The summed E-state index contributed by atoms with van der Waals surface area (Å²) >= 11 is 0. The van der Waals surface area contributed by atoms with Crippen molar-refractivity contribution in [3.05, 3.63) is 17.9 Å². The molecule has 0 spiro atoms. The SMILES string of the molecule is C=C=C1C(C2CCC3C(C2)CC2C4CCC(C5CNC(CN(CCC)C(O)C(NC(O)OC)C(C)C)N5)CC4OC(C4CCC(F)CC4)N32)CNC1C1CCCN1C(O)C(C=NC(O)OC)C(C)C. The van der Waals surface area contributed by atoms with Crippen LogP contribution in [-0.2, 0) is 14.2 Å². The van der Waals surface area contributed by atoms with Gasteiger partial charge in [0.2, 0.25) is 6.41 Å². The summed E-state index contributed by atoms with van der Waals surface area (Å²) in [5.41, 5.74) is 4.77. The molecule has 0 aromatic rings. The second-order valence-electron chi connectivity index (χ2n) is 23.3. The van der Waals surface area contributed by atoms with E-state index in [1.807, 2.05) is 13.8 Å². The Labute approximate surface area is 413 Å². The van der Waals surface area contributed by atoms with Crippen molar-refractivity contribution in [3.63, 3.8) is 0 Å². The summed E-state index contributed by atoms with van der Waals surface area (Å²) in [7, 11) is 2.87. The molecular weight excluding hydrogens is 880 g/mol. The van der Waals surface area contributed by atoms with Crippen molar-refractivity contribution in [2.45, 2.75) is 211 Å². The van der Waals surface area contributed by atoms with Crippen LogP contribution in [0.25, 0.3) is 0 Å². The zero-order chi connectivity index (χ0) is 49.1. The molecule has 3 aliphatic carbocycles. The lowest BCUT2D eigenvalue weighted by atomic mass is 9.69. The molecule has 0 amide bonds. The number of ether oxygens (including phenoxy) is 3. The molecule has 8 aliphatic rings. The van der Waals surface area contributed by atoms with E-state index in [9.17, 15) is 24.8 Å². The predicted octanol–water partition coefficient (Wildman–Crippen LogP) is 4.32. The summed E-state index contributed by atoms with van der Waals surface area (Å²) in [6.07, 6.45) is 11.5. The smallest absolute Gasteiger partial charge is 0.255 e. The molecule has 5 aliphatic heterocycles. The van der Waals surface area contributed by atoms with E-state index in [4.69, 9.17) is 14.2 Å². The van der Waals surface area contributed by atoms with E-state index < -0.39 is 31.5 Å². The van der Waals surface area contributed by atoms with E-state index in [-0.39, 0.29) is 54.4 Å². The monoisotopic (exact) mass is 973 g/mol. The number of alkyl halides is 1. The fourth-order valence-corrected chi connectivity index (χ4v) is 15.1. The molecule has 0 bridgehead atoms. The van der Waals surface area contributed by atoms with Crippen LogP contribution >= 0.6 is 0 Å². The first-order valence-electron chi connectivity index (χ1n) is 27.5. The van der Waals surface area contributed by atoms with Crippen molar-refractivity contribution in [1.29, 1.82) is 0 Å². The van der Waals surface area contributed by atoms with Crippen LogP contribution in [0, 0.1) is 53.3 Å². The van der Waals surface area contributed by atoms with Crippen LogP contribution in [0.2, 0.25) is 0 Å². The normalized spacial score (nSPS) is 40.5. The van der Waals surface area contributed by atoms with E-state index in [1.165, 1.54) is 39.1 Å².